The van der Waals surface area contributed by atoms with E-state index in [9.17, 15) is 9.59 Å². The molecule has 2 N–H and O–H groups in total. The number of halogens is 1. The first-order valence-electron chi connectivity index (χ1n) is 4.90. The van der Waals surface area contributed by atoms with Crippen molar-refractivity contribution in [1.82, 2.24) is 9.88 Å². The number of aliphatic carboxylic acids is 1. The Morgan fingerprint density at radius 2 is 2.25 bits per heavy atom. The van der Waals surface area contributed by atoms with Crippen molar-refractivity contribution in [3.63, 3.8) is 0 Å². The molecule has 0 aliphatic carbocycles. The number of amides is 1. The summed E-state index contributed by atoms with van der Waals surface area (Å²) in [6.07, 6.45) is 1.74. The van der Waals surface area contributed by atoms with Gasteiger partial charge >= 0.3 is 5.97 Å². The van der Waals surface area contributed by atoms with Gasteiger partial charge in [0.1, 0.15) is 5.69 Å². The minimum absolute atomic E-state index is 0.0697. The van der Waals surface area contributed by atoms with Gasteiger partial charge in [0.15, 0.2) is 0 Å². The lowest BCUT2D eigenvalue weighted by atomic mass is 10.3. The molecule has 88 valence electrons. The van der Waals surface area contributed by atoms with E-state index in [0.29, 0.717) is 12.2 Å². The van der Waals surface area contributed by atoms with Gasteiger partial charge in [0.05, 0.1) is 6.42 Å². The molecule has 5 nitrogen and oxygen atoms in total. The molecule has 0 atom stereocenters. The van der Waals surface area contributed by atoms with Gasteiger partial charge in [-0.25, -0.2) is 0 Å². The monoisotopic (exact) mass is 288 g/mol. The highest BCUT2D eigenvalue weighted by Crippen LogP contribution is 2.14. The Balaban J connectivity index is 2.61. The van der Waals surface area contributed by atoms with E-state index in [1.165, 1.54) is 0 Å². The number of hydrogen-bond acceptors (Lipinski definition) is 2. The maximum Gasteiger partial charge on any atom is 0.305 e. The number of carbonyl (C=O) groups excluding carboxylic acids is 1. The topological polar surface area (TPSA) is 71.3 Å². The molecule has 1 heterocycles. The second-order valence-electron chi connectivity index (χ2n) is 3.23. The third-order valence-electron chi connectivity index (χ3n) is 2.06. The molecule has 0 spiro atoms. The van der Waals surface area contributed by atoms with Gasteiger partial charge in [0.25, 0.3) is 5.91 Å². The molecular weight excluding hydrogens is 276 g/mol. The first kappa shape index (κ1) is 12.8. The Hall–Kier alpha value is -1.30. The predicted octanol–water partition coefficient (Wildman–Crippen LogP) is 1.47. The molecule has 1 rings (SSSR count). The molecular formula is C10H13BrN2O3. The maximum absolute atomic E-state index is 11.7. The lowest BCUT2D eigenvalue weighted by Crippen LogP contribution is -2.27. The number of carboxylic acids is 1. The summed E-state index contributed by atoms with van der Waals surface area (Å²) >= 11 is 3.29. The van der Waals surface area contributed by atoms with Crippen LogP contribution < -0.4 is 5.32 Å². The fourth-order valence-corrected chi connectivity index (χ4v) is 1.76. The number of nitrogens with one attached hydrogen (secondary N) is 1. The van der Waals surface area contributed by atoms with E-state index in [0.717, 1.165) is 4.47 Å². The fourth-order valence-electron chi connectivity index (χ4n) is 1.30. The number of hydrogen-bond donors (Lipinski definition) is 2. The Morgan fingerprint density at radius 3 is 2.81 bits per heavy atom. The van der Waals surface area contributed by atoms with Gasteiger partial charge in [0, 0.05) is 23.8 Å². The fraction of sp³-hybridized carbons (Fsp3) is 0.400. The molecule has 0 unspecified atom stereocenters. The normalized spacial score (nSPS) is 10.1. The van der Waals surface area contributed by atoms with Crippen LogP contribution in [0.1, 0.15) is 23.8 Å². The van der Waals surface area contributed by atoms with Crippen molar-refractivity contribution < 1.29 is 14.7 Å². The van der Waals surface area contributed by atoms with Crippen LogP contribution in [0, 0.1) is 0 Å². The molecule has 0 fully saturated rings. The van der Waals surface area contributed by atoms with Crippen molar-refractivity contribution in [2.24, 2.45) is 0 Å². The average Bonchev–Trinajstić information content (AvgIpc) is 2.59. The van der Waals surface area contributed by atoms with Crippen LogP contribution in [0.3, 0.4) is 0 Å². The molecule has 1 aromatic rings. The van der Waals surface area contributed by atoms with E-state index in [1.54, 1.807) is 10.6 Å². The zero-order valence-electron chi connectivity index (χ0n) is 8.86. The zero-order chi connectivity index (χ0) is 12.1. The summed E-state index contributed by atoms with van der Waals surface area (Å²) in [7, 11) is 0. The lowest BCUT2D eigenvalue weighted by molar-refractivity contribution is -0.136. The lowest BCUT2D eigenvalue weighted by Gasteiger charge is -2.06. The molecule has 6 heteroatoms. The molecule has 0 aliphatic heterocycles. The van der Waals surface area contributed by atoms with Gasteiger partial charge in [0.2, 0.25) is 0 Å². The highest BCUT2D eigenvalue weighted by Gasteiger charge is 2.11. The van der Waals surface area contributed by atoms with Crippen molar-refractivity contribution in [2.75, 3.05) is 6.54 Å². The van der Waals surface area contributed by atoms with Gasteiger partial charge in [-0.15, -0.1) is 0 Å². The molecule has 0 saturated heterocycles. The number of nitrogens with zero attached hydrogens (tertiary/aromatic N) is 1. The van der Waals surface area contributed by atoms with E-state index >= 15 is 0 Å². The highest BCUT2D eigenvalue weighted by atomic mass is 79.9. The third-order valence-corrected chi connectivity index (χ3v) is 2.49. The molecule has 1 amide bonds. The number of aromatic nitrogens is 1. The number of carbonyl (C=O) groups is 2. The molecule has 16 heavy (non-hydrogen) atoms. The van der Waals surface area contributed by atoms with Crippen LogP contribution in [0.15, 0.2) is 16.7 Å². The number of rotatable bonds is 5. The molecule has 0 aromatic carbocycles. The van der Waals surface area contributed by atoms with Crippen LogP contribution in [-0.2, 0) is 11.3 Å². The Kier molecular flexibility index (Phi) is 4.54. The van der Waals surface area contributed by atoms with Crippen LogP contribution >= 0.6 is 15.9 Å². The zero-order valence-corrected chi connectivity index (χ0v) is 10.5. The van der Waals surface area contributed by atoms with E-state index < -0.39 is 5.97 Å². The molecule has 0 saturated carbocycles. The third kappa shape index (κ3) is 3.37. The maximum atomic E-state index is 11.7. The standard InChI is InChI=1S/C10H13BrN2O3/c1-2-13-6-7(11)5-8(13)10(16)12-4-3-9(14)15/h5-6H,2-4H2,1H3,(H,12,16)(H,14,15). The van der Waals surface area contributed by atoms with Gasteiger partial charge in [-0.2, -0.15) is 0 Å². The van der Waals surface area contributed by atoms with E-state index in [-0.39, 0.29) is 18.9 Å². The van der Waals surface area contributed by atoms with Crippen molar-refractivity contribution in [3.8, 4) is 0 Å². The Morgan fingerprint density at radius 1 is 1.56 bits per heavy atom. The quantitative estimate of drug-likeness (QED) is 0.862. The summed E-state index contributed by atoms with van der Waals surface area (Å²) < 4.78 is 2.62. The first-order chi connectivity index (χ1) is 7.54. The number of carboxylic acid groups (broad SMARTS) is 1. The Bertz CT molecular complexity index is 401. The van der Waals surface area contributed by atoms with E-state index in [1.807, 2.05) is 13.1 Å². The average molecular weight is 289 g/mol. The van der Waals surface area contributed by atoms with E-state index in [2.05, 4.69) is 21.2 Å². The molecule has 0 radical (unpaired) electrons. The van der Waals surface area contributed by atoms with Gasteiger partial charge in [-0.05, 0) is 28.9 Å². The van der Waals surface area contributed by atoms with Crippen LogP contribution in [0.4, 0.5) is 0 Å². The Labute approximate surface area is 102 Å². The molecule has 0 aliphatic rings. The van der Waals surface area contributed by atoms with Crippen molar-refractivity contribution in [3.05, 3.63) is 22.4 Å². The highest BCUT2D eigenvalue weighted by molar-refractivity contribution is 9.10. The van der Waals surface area contributed by atoms with Crippen molar-refractivity contribution >= 4 is 27.8 Å². The second-order valence-corrected chi connectivity index (χ2v) is 4.14. The minimum atomic E-state index is -0.924. The summed E-state index contributed by atoms with van der Waals surface area (Å²) in [5.41, 5.74) is 0.528. The van der Waals surface area contributed by atoms with Crippen LogP contribution in [0.25, 0.3) is 0 Å². The SMILES string of the molecule is CCn1cc(Br)cc1C(=O)NCCC(=O)O. The summed E-state index contributed by atoms with van der Waals surface area (Å²) in [6.45, 7) is 2.76. The largest absolute Gasteiger partial charge is 0.481 e. The minimum Gasteiger partial charge on any atom is -0.481 e. The first-order valence-corrected chi connectivity index (χ1v) is 5.69. The van der Waals surface area contributed by atoms with Crippen molar-refractivity contribution in [1.29, 1.82) is 0 Å². The smallest absolute Gasteiger partial charge is 0.305 e. The van der Waals surface area contributed by atoms with Gasteiger partial charge in [-0.3, -0.25) is 9.59 Å². The van der Waals surface area contributed by atoms with Crippen LogP contribution in [0.5, 0.6) is 0 Å². The van der Waals surface area contributed by atoms with Gasteiger partial charge in [-0.1, -0.05) is 0 Å². The van der Waals surface area contributed by atoms with Gasteiger partial charge < -0.3 is 15.0 Å². The summed E-state index contributed by atoms with van der Waals surface area (Å²) in [6, 6.07) is 1.71. The summed E-state index contributed by atoms with van der Waals surface area (Å²) in [5.74, 6) is -1.18. The molecule has 1 aromatic heterocycles. The summed E-state index contributed by atoms with van der Waals surface area (Å²) in [4.78, 5) is 22.0. The molecule has 0 bridgehead atoms. The summed E-state index contributed by atoms with van der Waals surface area (Å²) in [5, 5.41) is 11.0. The number of aryl methyl sites for hydroxylation is 1. The van der Waals surface area contributed by atoms with E-state index in [4.69, 9.17) is 5.11 Å². The second kappa shape index (κ2) is 5.69. The predicted molar refractivity (Wildman–Crippen MR) is 62.4 cm³/mol. The van der Waals surface area contributed by atoms with Crippen molar-refractivity contribution in [2.45, 2.75) is 19.9 Å². The van der Waals surface area contributed by atoms with Crippen LogP contribution in [0.2, 0.25) is 0 Å². The van der Waals surface area contributed by atoms with Crippen LogP contribution in [-0.4, -0.2) is 28.1 Å².